The van der Waals surface area contributed by atoms with Gasteiger partial charge in [-0.25, -0.2) is 0 Å². The van der Waals surface area contributed by atoms with Gasteiger partial charge in [0.05, 0.1) is 13.2 Å². The van der Waals surface area contributed by atoms with Gasteiger partial charge in [0, 0.05) is 18.4 Å². The third kappa shape index (κ3) is 9.76. The molecule has 0 atom stereocenters. The number of carbonyl (C=O) groups excluding carboxylic acids is 1. The van der Waals surface area contributed by atoms with E-state index in [0.29, 0.717) is 61.2 Å². The average molecular weight is 605 g/mol. The van der Waals surface area contributed by atoms with Crippen LogP contribution in [0, 0.1) is 0 Å². The number of aryl methyl sites for hydroxylation is 1. The molecule has 2 N–H and O–H groups in total. The highest BCUT2D eigenvalue weighted by Gasteiger charge is 2.15. The highest BCUT2D eigenvalue weighted by molar-refractivity contribution is 5.96. The average Bonchev–Trinajstić information content (AvgIpc) is 3.01. The molecule has 1 heterocycles. The molecule has 9 heteroatoms. The standard InChI is InChI=1S/C35H40O9/c1-24(36)27-20-28(26-12-14-32-33(23-26)44-19-18-43-32)22-29(21-27)41-16-5-3-2-4-8-25-9-6-10-31(30(25)13-15-35(39)40)42-17-7-11-34(37)38/h6,9-10,12,14,20-23H,2-5,7-8,11,13,15-19H2,1H3,(H,37,38)(H,39,40). The Morgan fingerprint density at radius 2 is 1.48 bits per heavy atom. The van der Waals surface area contributed by atoms with Crippen LogP contribution in [-0.2, 0) is 22.4 Å². The van der Waals surface area contributed by atoms with E-state index in [2.05, 4.69) is 0 Å². The Morgan fingerprint density at radius 3 is 2.25 bits per heavy atom. The first-order chi connectivity index (χ1) is 21.3. The lowest BCUT2D eigenvalue weighted by Crippen LogP contribution is -2.15. The number of ketones is 1. The van der Waals surface area contributed by atoms with E-state index < -0.39 is 11.9 Å². The van der Waals surface area contributed by atoms with E-state index in [1.807, 2.05) is 48.5 Å². The first kappa shape index (κ1) is 32.4. The number of unbranched alkanes of at least 4 members (excludes halogenated alkanes) is 3. The van der Waals surface area contributed by atoms with Crippen molar-refractivity contribution in [1.29, 1.82) is 0 Å². The highest BCUT2D eigenvalue weighted by atomic mass is 16.6. The summed E-state index contributed by atoms with van der Waals surface area (Å²) in [5, 5.41) is 18.1. The normalized spacial score (nSPS) is 12.0. The van der Waals surface area contributed by atoms with Crippen molar-refractivity contribution < 1.29 is 43.5 Å². The molecule has 0 aliphatic carbocycles. The number of aliphatic carboxylic acids is 2. The molecule has 234 valence electrons. The van der Waals surface area contributed by atoms with Gasteiger partial charge in [-0.05, 0) is 97.7 Å². The minimum absolute atomic E-state index is 0.00104. The molecule has 3 aromatic carbocycles. The Labute approximate surface area is 257 Å². The van der Waals surface area contributed by atoms with Crippen molar-refractivity contribution in [3.8, 4) is 34.1 Å². The fourth-order valence-electron chi connectivity index (χ4n) is 5.14. The minimum Gasteiger partial charge on any atom is -0.494 e. The number of benzene rings is 3. The molecule has 0 saturated carbocycles. The van der Waals surface area contributed by atoms with Crippen LogP contribution in [0.3, 0.4) is 0 Å². The van der Waals surface area contributed by atoms with Crippen LogP contribution in [0.15, 0.2) is 54.6 Å². The Balaban J connectivity index is 1.28. The van der Waals surface area contributed by atoms with Gasteiger partial charge in [-0.2, -0.15) is 0 Å². The topological polar surface area (TPSA) is 129 Å². The molecule has 0 saturated heterocycles. The van der Waals surface area contributed by atoms with Crippen molar-refractivity contribution in [1.82, 2.24) is 0 Å². The molecule has 1 aliphatic heterocycles. The van der Waals surface area contributed by atoms with E-state index in [-0.39, 0.29) is 25.2 Å². The van der Waals surface area contributed by atoms with Gasteiger partial charge >= 0.3 is 11.9 Å². The summed E-state index contributed by atoms with van der Waals surface area (Å²) < 4.78 is 23.3. The maximum absolute atomic E-state index is 12.2. The number of hydrogen-bond acceptors (Lipinski definition) is 7. The zero-order chi connectivity index (χ0) is 31.3. The van der Waals surface area contributed by atoms with Gasteiger partial charge < -0.3 is 29.2 Å². The molecule has 0 fully saturated rings. The number of hydrogen-bond donors (Lipinski definition) is 2. The zero-order valence-electron chi connectivity index (χ0n) is 25.1. The Morgan fingerprint density at radius 1 is 0.727 bits per heavy atom. The number of carbonyl (C=O) groups is 3. The molecular weight excluding hydrogens is 564 g/mol. The third-order valence-electron chi connectivity index (χ3n) is 7.41. The van der Waals surface area contributed by atoms with Crippen LogP contribution < -0.4 is 18.9 Å². The molecule has 0 spiro atoms. The van der Waals surface area contributed by atoms with Crippen molar-refractivity contribution in [2.45, 2.75) is 64.7 Å². The van der Waals surface area contributed by atoms with Crippen molar-refractivity contribution in [2.24, 2.45) is 0 Å². The van der Waals surface area contributed by atoms with Crippen LogP contribution in [0.5, 0.6) is 23.0 Å². The number of rotatable bonds is 18. The lowest BCUT2D eigenvalue weighted by Gasteiger charge is -2.19. The number of fused-ring (bicyclic) bond motifs is 1. The largest absolute Gasteiger partial charge is 0.494 e. The summed E-state index contributed by atoms with van der Waals surface area (Å²) in [4.78, 5) is 34.3. The second-order valence-corrected chi connectivity index (χ2v) is 10.8. The molecule has 9 nitrogen and oxygen atoms in total. The third-order valence-corrected chi connectivity index (χ3v) is 7.41. The van der Waals surface area contributed by atoms with E-state index in [1.165, 1.54) is 0 Å². The van der Waals surface area contributed by atoms with E-state index in [0.717, 1.165) is 54.4 Å². The van der Waals surface area contributed by atoms with Crippen LogP contribution >= 0.6 is 0 Å². The van der Waals surface area contributed by atoms with Crippen molar-refractivity contribution in [3.63, 3.8) is 0 Å². The van der Waals surface area contributed by atoms with Crippen molar-refractivity contribution in [3.05, 3.63) is 71.3 Å². The summed E-state index contributed by atoms with van der Waals surface area (Å²) in [5.74, 6) is 0.898. The Hall–Kier alpha value is -4.53. The summed E-state index contributed by atoms with van der Waals surface area (Å²) in [7, 11) is 0. The SMILES string of the molecule is CC(=O)c1cc(OCCCCCCc2cccc(OCCCC(=O)O)c2CCC(=O)O)cc(-c2ccc3c(c2)OCCO3)c1. The second kappa shape index (κ2) is 16.4. The molecule has 0 unspecified atom stereocenters. The number of carboxylic acids is 2. The molecular formula is C35H40O9. The lowest BCUT2D eigenvalue weighted by atomic mass is 9.97. The number of carboxylic acid groups (broad SMARTS) is 2. The van der Waals surface area contributed by atoms with Crippen LogP contribution in [0.4, 0.5) is 0 Å². The zero-order valence-corrected chi connectivity index (χ0v) is 25.1. The van der Waals surface area contributed by atoms with Crippen LogP contribution in [0.2, 0.25) is 0 Å². The van der Waals surface area contributed by atoms with E-state index >= 15 is 0 Å². The minimum atomic E-state index is -0.871. The molecule has 44 heavy (non-hydrogen) atoms. The Bertz CT molecular complexity index is 1450. The summed E-state index contributed by atoms with van der Waals surface area (Å²) in [6.45, 7) is 3.36. The summed E-state index contributed by atoms with van der Waals surface area (Å²) in [6.07, 6.45) is 5.28. The molecule has 0 aromatic heterocycles. The summed E-state index contributed by atoms with van der Waals surface area (Å²) in [5.41, 5.74) is 4.31. The van der Waals surface area contributed by atoms with Crippen LogP contribution in [-0.4, -0.2) is 54.4 Å². The predicted octanol–water partition coefficient (Wildman–Crippen LogP) is 6.77. The van der Waals surface area contributed by atoms with E-state index in [1.54, 1.807) is 13.0 Å². The maximum Gasteiger partial charge on any atom is 0.303 e. The molecule has 1 aliphatic rings. The second-order valence-electron chi connectivity index (χ2n) is 10.8. The van der Waals surface area contributed by atoms with Gasteiger partial charge in [-0.1, -0.05) is 31.0 Å². The van der Waals surface area contributed by atoms with E-state index in [9.17, 15) is 19.5 Å². The molecule has 0 bridgehead atoms. The van der Waals surface area contributed by atoms with E-state index in [4.69, 9.17) is 24.1 Å². The van der Waals surface area contributed by atoms with Gasteiger partial charge in [-0.3, -0.25) is 14.4 Å². The fourth-order valence-corrected chi connectivity index (χ4v) is 5.14. The first-order valence-corrected chi connectivity index (χ1v) is 15.2. The van der Waals surface area contributed by atoms with Crippen molar-refractivity contribution >= 4 is 17.7 Å². The molecule has 0 amide bonds. The van der Waals surface area contributed by atoms with Gasteiger partial charge in [0.15, 0.2) is 17.3 Å². The molecule has 4 rings (SSSR count). The van der Waals surface area contributed by atoms with Crippen molar-refractivity contribution in [2.75, 3.05) is 26.4 Å². The summed E-state index contributed by atoms with van der Waals surface area (Å²) >= 11 is 0. The monoisotopic (exact) mass is 604 g/mol. The van der Waals surface area contributed by atoms with Gasteiger partial charge in [0.1, 0.15) is 24.7 Å². The quantitative estimate of drug-likeness (QED) is 0.119. The molecule has 3 aromatic rings. The smallest absolute Gasteiger partial charge is 0.303 e. The van der Waals surface area contributed by atoms with Gasteiger partial charge in [0.2, 0.25) is 0 Å². The van der Waals surface area contributed by atoms with Crippen LogP contribution in [0.1, 0.15) is 73.4 Å². The number of Topliss-reactive ketones (excluding diaryl/α,β-unsaturated/α-hetero) is 1. The lowest BCUT2D eigenvalue weighted by molar-refractivity contribution is -0.138. The van der Waals surface area contributed by atoms with Gasteiger partial charge in [-0.15, -0.1) is 0 Å². The van der Waals surface area contributed by atoms with Gasteiger partial charge in [0.25, 0.3) is 0 Å². The molecule has 0 radical (unpaired) electrons. The predicted molar refractivity (Wildman–Crippen MR) is 165 cm³/mol. The van der Waals surface area contributed by atoms with Crippen LogP contribution in [0.25, 0.3) is 11.1 Å². The first-order valence-electron chi connectivity index (χ1n) is 15.2. The highest BCUT2D eigenvalue weighted by Crippen LogP contribution is 2.36. The summed E-state index contributed by atoms with van der Waals surface area (Å²) in [6, 6.07) is 17.1. The number of ether oxygens (including phenoxy) is 4. The fraction of sp³-hybridized carbons (Fsp3) is 0.400. The Kier molecular flexibility index (Phi) is 12.0. The maximum atomic E-state index is 12.2.